The number of Topliss-reactive ketones (excluding diaryl/α,β-unsaturated/α-hetero) is 1. The number of aliphatic hydroxyl groups is 2. The van der Waals surface area contributed by atoms with Gasteiger partial charge in [-0.15, -0.1) is 11.3 Å². The van der Waals surface area contributed by atoms with Gasteiger partial charge < -0.3 is 49.4 Å². The standard InChI is InChI=1S/C44H65FN6O11S/c1-12-31-44(9,56)38-25(5)34(49-33(52)13-2)23(3)17-42(7,58-20-29(19-57-38)50-59-21-28-15-14-27(18-47-28)39-48-32(46)22-63-39)37(26(6)36(54)43(8,45)41(55)61-31)62-40-35(53)30(51(10)11)16-24(4)60-40/h14-15,18,22-26,30-31,35,37-38,40,53,56H,12-13,16-17,19-21,46H2,1-11H3/b49-34?,50-29+/t23-,24-,25+,26+,30+,31-,35-,37-,38-,40+,42-,43+,44-/m1/s1. The van der Waals surface area contributed by atoms with Crippen LogP contribution in [-0.4, -0.2) is 141 Å². The van der Waals surface area contributed by atoms with E-state index in [0.29, 0.717) is 28.7 Å². The summed E-state index contributed by atoms with van der Waals surface area (Å²) in [6.45, 7) is 13.4. The van der Waals surface area contributed by atoms with Crippen molar-refractivity contribution in [2.45, 2.75) is 154 Å². The molecule has 0 unspecified atom stereocenters. The van der Waals surface area contributed by atoms with Gasteiger partial charge in [0.1, 0.15) is 34.3 Å². The number of amides is 1. The largest absolute Gasteiger partial charge is 0.457 e. The zero-order valence-electron chi connectivity index (χ0n) is 38.2. The van der Waals surface area contributed by atoms with Gasteiger partial charge in [-0.05, 0) is 79.1 Å². The molecule has 17 nitrogen and oxygen atoms in total. The van der Waals surface area contributed by atoms with E-state index in [9.17, 15) is 24.6 Å². The van der Waals surface area contributed by atoms with Crippen LogP contribution in [0.3, 0.4) is 0 Å². The maximum atomic E-state index is 17.0. The number of hydrogen-bond acceptors (Lipinski definition) is 17. The number of carbonyl (C=O) groups excluding carboxylic acids is 3. The molecule has 0 aliphatic carbocycles. The molecule has 350 valence electrons. The third-order valence-corrected chi connectivity index (χ3v) is 13.3. The van der Waals surface area contributed by atoms with E-state index in [2.05, 4.69) is 20.1 Å². The van der Waals surface area contributed by atoms with Crippen LogP contribution in [0, 0.1) is 17.8 Å². The molecule has 3 aliphatic rings. The summed E-state index contributed by atoms with van der Waals surface area (Å²) in [5.74, 6) is -5.63. The predicted octanol–water partition coefficient (Wildman–Crippen LogP) is 4.70. The first kappa shape index (κ1) is 50.2. The zero-order chi connectivity index (χ0) is 46.6. The van der Waals surface area contributed by atoms with Crippen LogP contribution >= 0.6 is 11.3 Å². The summed E-state index contributed by atoms with van der Waals surface area (Å²) in [7, 11) is 3.63. The van der Waals surface area contributed by atoms with Crippen molar-refractivity contribution in [2.24, 2.45) is 27.9 Å². The van der Waals surface area contributed by atoms with E-state index >= 15 is 4.39 Å². The lowest BCUT2D eigenvalue weighted by Gasteiger charge is -2.47. The van der Waals surface area contributed by atoms with Crippen molar-refractivity contribution in [2.75, 3.05) is 33.0 Å². The van der Waals surface area contributed by atoms with Crippen molar-refractivity contribution in [3.63, 3.8) is 0 Å². The van der Waals surface area contributed by atoms with Gasteiger partial charge in [0.15, 0.2) is 18.7 Å². The minimum Gasteiger partial charge on any atom is -0.457 e. The SMILES string of the molecule is CCC(=O)N=C1[C@H](C)C[C@@]2(C)OC/C(=N/OCc3ccc(-c4nc(N)cs4)cn3)CO[C@H]([C@H]1C)[C@](C)(O)[C@@H](CC)OC(=O)[C@@](C)(F)C(=O)[C@H](C)[C@H]2O[C@@H]1O[C@H](C)C[C@H](N(C)C)[C@H]1O. The summed E-state index contributed by atoms with van der Waals surface area (Å²) in [4.78, 5) is 62.6. The van der Waals surface area contributed by atoms with Crippen LogP contribution in [0.15, 0.2) is 33.9 Å². The Morgan fingerprint density at radius 3 is 2.43 bits per heavy atom. The quantitative estimate of drug-likeness (QED) is 0.176. The average molecular weight is 905 g/mol. The number of anilines is 1. The Balaban J connectivity index is 1.66. The summed E-state index contributed by atoms with van der Waals surface area (Å²) in [6, 6.07) is 3.19. The van der Waals surface area contributed by atoms with Gasteiger partial charge in [0.25, 0.3) is 5.67 Å². The number of hydrogen-bond donors (Lipinski definition) is 3. The number of nitrogens with two attached hydrogens (primary N) is 1. The molecule has 13 atom stereocenters. The highest BCUT2D eigenvalue weighted by Gasteiger charge is 2.56. The lowest BCUT2D eigenvalue weighted by atomic mass is 9.73. The average Bonchev–Trinajstić information content (AvgIpc) is 3.67. The number of alkyl halides is 1. The van der Waals surface area contributed by atoms with Crippen LogP contribution in [-0.2, 0) is 49.5 Å². The number of cyclic esters (lactones) is 1. The van der Waals surface area contributed by atoms with E-state index < -0.39 is 95.1 Å². The highest BCUT2D eigenvalue weighted by molar-refractivity contribution is 7.13. The summed E-state index contributed by atoms with van der Waals surface area (Å²) in [6.07, 6.45) is -4.82. The number of oxime groups is 1. The fourth-order valence-electron chi connectivity index (χ4n) is 8.90. The summed E-state index contributed by atoms with van der Waals surface area (Å²) in [5, 5.41) is 31.0. The minimum atomic E-state index is -3.23. The number of thiazole rings is 1. The van der Waals surface area contributed by atoms with Crippen molar-refractivity contribution < 1.29 is 57.5 Å². The van der Waals surface area contributed by atoms with Crippen molar-refractivity contribution in [1.29, 1.82) is 0 Å². The van der Waals surface area contributed by atoms with E-state index in [4.69, 9.17) is 34.3 Å². The van der Waals surface area contributed by atoms with Gasteiger partial charge >= 0.3 is 5.97 Å². The number of fused-ring (bicyclic) bond motifs is 5. The lowest BCUT2D eigenvalue weighted by Crippen LogP contribution is -2.61. The molecule has 3 aliphatic heterocycles. The smallest absolute Gasteiger partial charge is 0.351 e. The monoisotopic (exact) mass is 904 g/mol. The second-order valence-corrected chi connectivity index (χ2v) is 18.7. The van der Waals surface area contributed by atoms with E-state index in [1.54, 1.807) is 45.3 Å². The van der Waals surface area contributed by atoms with Gasteiger partial charge in [0.05, 0.1) is 42.8 Å². The molecule has 3 fully saturated rings. The number of aromatic nitrogens is 2. The van der Waals surface area contributed by atoms with Crippen LogP contribution in [0.2, 0.25) is 0 Å². The first-order chi connectivity index (χ1) is 29.5. The second-order valence-electron chi connectivity index (χ2n) is 17.9. The molecule has 2 aromatic heterocycles. The summed E-state index contributed by atoms with van der Waals surface area (Å²) < 4.78 is 48.9. The van der Waals surface area contributed by atoms with Crippen molar-refractivity contribution in [3.8, 4) is 10.6 Å². The summed E-state index contributed by atoms with van der Waals surface area (Å²) >= 11 is 1.39. The Labute approximate surface area is 372 Å². The molecule has 2 aromatic rings. The fourth-order valence-corrected chi connectivity index (χ4v) is 9.60. The number of carbonyl (C=O) groups is 3. The van der Waals surface area contributed by atoms with Gasteiger partial charge in [0, 0.05) is 47.2 Å². The molecule has 0 saturated carbocycles. The molecule has 2 bridgehead atoms. The number of ketones is 1. The van der Waals surface area contributed by atoms with E-state index in [1.165, 1.54) is 25.2 Å². The first-order valence-electron chi connectivity index (χ1n) is 21.6. The number of rotatable bonds is 9. The molecule has 63 heavy (non-hydrogen) atoms. The van der Waals surface area contributed by atoms with Crippen LogP contribution in [0.25, 0.3) is 10.6 Å². The number of halogens is 1. The molecule has 5 rings (SSSR count). The third-order valence-electron chi connectivity index (χ3n) is 12.4. The predicted molar refractivity (Wildman–Crippen MR) is 234 cm³/mol. The normalized spacial score (nSPS) is 37.6. The number of likely N-dealkylation sites (N-methyl/N-ethyl adjacent to an activating group) is 1. The van der Waals surface area contributed by atoms with Gasteiger partial charge in [-0.2, -0.15) is 0 Å². The highest BCUT2D eigenvalue weighted by Crippen LogP contribution is 2.41. The van der Waals surface area contributed by atoms with Gasteiger partial charge in [-0.25, -0.2) is 19.2 Å². The van der Waals surface area contributed by atoms with Crippen LogP contribution in [0.1, 0.15) is 93.7 Å². The summed E-state index contributed by atoms with van der Waals surface area (Å²) in [5.41, 5.74) is 0.782. The Hall–Kier alpha value is -3.82. The molecule has 5 heterocycles. The van der Waals surface area contributed by atoms with E-state index in [0.717, 1.165) is 12.5 Å². The molecule has 0 radical (unpaired) electrons. The number of ether oxygens (including phenoxy) is 5. The Morgan fingerprint density at radius 2 is 1.83 bits per heavy atom. The van der Waals surface area contributed by atoms with E-state index in [1.807, 2.05) is 38.9 Å². The molecule has 19 heteroatoms. The van der Waals surface area contributed by atoms with Crippen molar-refractivity contribution >= 4 is 46.2 Å². The molecule has 3 saturated heterocycles. The number of aliphatic hydroxyl groups excluding tert-OH is 1. The van der Waals surface area contributed by atoms with Crippen molar-refractivity contribution in [3.05, 3.63) is 29.4 Å². The Kier molecular flexibility index (Phi) is 16.4. The lowest BCUT2D eigenvalue weighted by molar-refractivity contribution is -0.296. The maximum absolute atomic E-state index is 17.0. The third kappa shape index (κ3) is 11.4. The van der Waals surface area contributed by atoms with Gasteiger partial charge in [0.2, 0.25) is 5.91 Å². The number of pyridine rings is 1. The Morgan fingerprint density at radius 1 is 1.11 bits per heavy atom. The highest BCUT2D eigenvalue weighted by atomic mass is 32.1. The minimum absolute atomic E-state index is 0.000396. The molecule has 0 aromatic carbocycles. The number of esters is 1. The maximum Gasteiger partial charge on any atom is 0.351 e. The van der Waals surface area contributed by atoms with Crippen LogP contribution < -0.4 is 5.73 Å². The first-order valence-corrected chi connectivity index (χ1v) is 22.4. The number of nitrogens with zero attached hydrogens (tertiary/aromatic N) is 5. The van der Waals surface area contributed by atoms with E-state index in [-0.39, 0.29) is 44.8 Å². The number of aliphatic imine (C=N–C) groups is 1. The van der Waals surface area contributed by atoms with Gasteiger partial charge in [-0.3, -0.25) is 14.6 Å². The second kappa shape index (κ2) is 20.6. The Bertz CT molecular complexity index is 1980. The molecular formula is C44H65FN6O11S. The van der Waals surface area contributed by atoms with Crippen molar-refractivity contribution in [1.82, 2.24) is 14.9 Å². The topological polar surface area (TPSA) is 227 Å². The molecule has 1 amide bonds. The fraction of sp³-hybridized carbons (Fsp3) is 0.705. The van der Waals surface area contributed by atoms with Crippen LogP contribution in [0.5, 0.6) is 0 Å². The molecule has 0 spiro atoms. The molecular weight excluding hydrogens is 840 g/mol. The zero-order valence-corrected chi connectivity index (χ0v) is 39.0. The van der Waals surface area contributed by atoms with Gasteiger partial charge in [-0.1, -0.05) is 39.8 Å². The van der Waals surface area contributed by atoms with Crippen LogP contribution in [0.4, 0.5) is 10.2 Å². The number of nitrogen functional groups attached to an aromatic ring is 1. The molecule has 4 N–H and O–H groups in total.